The number of hydrogen-bond donors (Lipinski definition) is 2. The van der Waals surface area contributed by atoms with E-state index in [1.165, 1.54) is 9.80 Å². The Labute approximate surface area is 134 Å². The molecular formula is C16H32N2O4. The van der Waals surface area contributed by atoms with E-state index in [0.29, 0.717) is 26.2 Å². The van der Waals surface area contributed by atoms with Crippen molar-refractivity contribution < 1.29 is 19.8 Å². The molecule has 2 N–H and O–H groups in total. The Hall–Kier alpha value is -1.46. The fourth-order valence-electron chi connectivity index (χ4n) is 2.26. The lowest BCUT2D eigenvalue weighted by Gasteiger charge is -2.20. The van der Waals surface area contributed by atoms with E-state index in [-0.39, 0.29) is 0 Å². The van der Waals surface area contributed by atoms with Crippen molar-refractivity contribution in [3.8, 4) is 0 Å². The van der Waals surface area contributed by atoms with Crippen molar-refractivity contribution in [2.24, 2.45) is 0 Å². The van der Waals surface area contributed by atoms with E-state index in [1.54, 1.807) is 0 Å². The van der Waals surface area contributed by atoms with Crippen LogP contribution in [0.25, 0.3) is 0 Å². The Morgan fingerprint density at radius 1 is 0.636 bits per heavy atom. The Balaban J connectivity index is 3.77. The van der Waals surface area contributed by atoms with Crippen LogP contribution in [0.15, 0.2) is 0 Å². The molecule has 0 fully saturated rings. The molecular weight excluding hydrogens is 284 g/mol. The molecule has 6 heteroatoms. The van der Waals surface area contributed by atoms with Gasteiger partial charge in [-0.05, 0) is 25.7 Å². The van der Waals surface area contributed by atoms with Crippen molar-refractivity contribution in [2.75, 3.05) is 26.2 Å². The Morgan fingerprint density at radius 3 is 1.23 bits per heavy atom. The molecule has 0 bridgehead atoms. The third-order valence-corrected chi connectivity index (χ3v) is 3.71. The quantitative estimate of drug-likeness (QED) is 0.501. The van der Waals surface area contributed by atoms with Crippen LogP contribution < -0.4 is 0 Å². The molecule has 130 valence electrons. The maximum Gasteiger partial charge on any atom is 0.407 e. The molecule has 0 saturated heterocycles. The van der Waals surface area contributed by atoms with Gasteiger partial charge < -0.3 is 20.0 Å². The van der Waals surface area contributed by atoms with Gasteiger partial charge in [-0.15, -0.1) is 0 Å². The summed E-state index contributed by atoms with van der Waals surface area (Å²) >= 11 is 0. The number of unbranched alkanes of at least 4 members (excludes halogenated alkanes) is 5. The van der Waals surface area contributed by atoms with Crippen LogP contribution in [0.4, 0.5) is 9.59 Å². The number of nitrogens with zero attached hydrogens (tertiary/aromatic N) is 2. The van der Waals surface area contributed by atoms with Gasteiger partial charge in [-0.25, -0.2) is 9.59 Å². The van der Waals surface area contributed by atoms with Gasteiger partial charge in [0.15, 0.2) is 0 Å². The summed E-state index contributed by atoms with van der Waals surface area (Å²) in [5.41, 5.74) is 0. The molecule has 6 nitrogen and oxygen atoms in total. The zero-order valence-electron chi connectivity index (χ0n) is 14.1. The summed E-state index contributed by atoms with van der Waals surface area (Å²) in [5.74, 6) is 0. The van der Waals surface area contributed by atoms with Crippen LogP contribution >= 0.6 is 0 Å². The predicted molar refractivity (Wildman–Crippen MR) is 87.5 cm³/mol. The van der Waals surface area contributed by atoms with Crippen LogP contribution in [0.3, 0.4) is 0 Å². The van der Waals surface area contributed by atoms with Crippen molar-refractivity contribution in [3.05, 3.63) is 0 Å². The molecule has 0 saturated carbocycles. The first kappa shape index (κ1) is 20.5. The SMILES string of the molecule is CCCCN(CCCCCCN(CCCC)C(=O)O)C(=O)O. The Bertz CT molecular complexity index is 281. The minimum absolute atomic E-state index is 0.577. The highest BCUT2D eigenvalue weighted by molar-refractivity contribution is 5.65. The molecule has 0 radical (unpaired) electrons. The normalized spacial score (nSPS) is 10.5. The first-order chi connectivity index (χ1) is 10.5. The van der Waals surface area contributed by atoms with Gasteiger partial charge in [0.2, 0.25) is 0 Å². The largest absolute Gasteiger partial charge is 0.465 e. The molecule has 0 atom stereocenters. The average molecular weight is 316 g/mol. The zero-order chi connectivity index (χ0) is 16.8. The molecule has 0 rings (SSSR count). The first-order valence-electron chi connectivity index (χ1n) is 8.48. The van der Waals surface area contributed by atoms with Crippen LogP contribution in [0.5, 0.6) is 0 Å². The van der Waals surface area contributed by atoms with E-state index in [2.05, 4.69) is 0 Å². The van der Waals surface area contributed by atoms with E-state index in [0.717, 1.165) is 51.4 Å². The number of carbonyl (C=O) groups is 2. The molecule has 0 aliphatic carbocycles. The molecule has 2 amide bonds. The van der Waals surface area contributed by atoms with Gasteiger partial charge in [0.05, 0.1) is 0 Å². The third-order valence-electron chi connectivity index (χ3n) is 3.71. The van der Waals surface area contributed by atoms with Crippen LogP contribution in [-0.4, -0.2) is 58.4 Å². The maximum atomic E-state index is 11.0. The summed E-state index contributed by atoms with van der Waals surface area (Å²) in [6.07, 6.45) is 5.67. The van der Waals surface area contributed by atoms with Gasteiger partial charge in [0.1, 0.15) is 0 Å². The Kier molecular flexibility index (Phi) is 12.3. The number of hydrogen-bond acceptors (Lipinski definition) is 2. The van der Waals surface area contributed by atoms with Crippen LogP contribution in [-0.2, 0) is 0 Å². The highest BCUT2D eigenvalue weighted by Crippen LogP contribution is 2.06. The van der Waals surface area contributed by atoms with Crippen molar-refractivity contribution in [3.63, 3.8) is 0 Å². The van der Waals surface area contributed by atoms with Crippen LogP contribution in [0, 0.1) is 0 Å². The third kappa shape index (κ3) is 10.3. The van der Waals surface area contributed by atoms with Crippen molar-refractivity contribution in [1.29, 1.82) is 0 Å². The molecule has 0 aromatic rings. The molecule has 22 heavy (non-hydrogen) atoms. The summed E-state index contributed by atoms with van der Waals surface area (Å²) in [5, 5.41) is 18.1. The first-order valence-corrected chi connectivity index (χ1v) is 8.48. The smallest absolute Gasteiger partial charge is 0.407 e. The van der Waals surface area contributed by atoms with Crippen LogP contribution in [0.1, 0.15) is 65.2 Å². The van der Waals surface area contributed by atoms with E-state index < -0.39 is 12.2 Å². The molecule has 0 aromatic heterocycles. The summed E-state index contributed by atoms with van der Waals surface area (Å²) in [6.45, 7) is 6.46. The van der Waals surface area contributed by atoms with Crippen molar-refractivity contribution in [1.82, 2.24) is 9.80 Å². The van der Waals surface area contributed by atoms with Crippen molar-refractivity contribution >= 4 is 12.2 Å². The highest BCUT2D eigenvalue weighted by atomic mass is 16.4. The summed E-state index contributed by atoms with van der Waals surface area (Å²) < 4.78 is 0. The van der Waals surface area contributed by atoms with E-state index in [4.69, 9.17) is 10.2 Å². The van der Waals surface area contributed by atoms with Gasteiger partial charge in [-0.2, -0.15) is 0 Å². The zero-order valence-corrected chi connectivity index (χ0v) is 14.1. The van der Waals surface area contributed by atoms with Gasteiger partial charge in [0, 0.05) is 26.2 Å². The fourth-order valence-corrected chi connectivity index (χ4v) is 2.26. The lowest BCUT2D eigenvalue weighted by Crippen LogP contribution is -2.32. The van der Waals surface area contributed by atoms with Gasteiger partial charge in [0.25, 0.3) is 0 Å². The van der Waals surface area contributed by atoms with Gasteiger partial charge in [-0.1, -0.05) is 39.5 Å². The van der Waals surface area contributed by atoms with Crippen LogP contribution in [0.2, 0.25) is 0 Å². The number of rotatable bonds is 13. The summed E-state index contributed by atoms with van der Waals surface area (Å²) in [6, 6.07) is 0. The molecule has 0 spiro atoms. The minimum atomic E-state index is -0.843. The highest BCUT2D eigenvalue weighted by Gasteiger charge is 2.11. The molecule has 0 unspecified atom stereocenters. The molecule has 0 aliphatic heterocycles. The molecule has 0 aromatic carbocycles. The van der Waals surface area contributed by atoms with Gasteiger partial charge in [-0.3, -0.25) is 0 Å². The standard InChI is InChI=1S/C16H32N2O4/c1-3-5-11-17(15(19)20)13-9-7-8-10-14-18(16(21)22)12-6-4-2/h3-14H2,1-2H3,(H,19,20)(H,21,22). The van der Waals surface area contributed by atoms with Crippen molar-refractivity contribution in [2.45, 2.75) is 65.2 Å². The average Bonchev–Trinajstić information content (AvgIpc) is 2.47. The predicted octanol–water partition coefficient (Wildman–Crippen LogP) is 4.11. The van der Waals surface area contributed by atoms with E-state index in [1.807, 2.05) is 13.8 Å². The monoisotopic (exact) mass is 316 g/mol. The van der Waals surface area contributed by atoms with E-state index >= 15 is 0 Å². The minimum Gasteiger partial charge on any atom is -0.465 e. The lowest BCUT2D eigenvalue weighted by atomic mass is 10.1. The summed E-state index contributed by atoms with van der Waals surface area (Å²) in [4.78, 5) is 25.0. The summed E-state index contributed by atoms with van der Waals surface area (Å²) in [7, 11) is 0. The molecule has 0 heterocycles. The molecule has 0 aliphatic rings. The fraction of sp³-hybridized carbons (Fsp3) is 0.875. The van der Waals surface area contributed by atoms with E-state index in [9.17, 15) is 9.59 Å². The second kappa shape index (κ2) is 13.2. The maximum absolute atomic E-state index is 11.0. The topological polar surface area (TPSA) is 81.1 Å². The number of carboxylic acid groups (broad SMARTS) is 2. The Morgan fingerprint density at radius 2 is 0.955 bits per heavy atom. The van der Waals surface area contributed by atoms with Gasteiger partial charge >= 0.3 is 12.2 Å². The number of amides is 2. The second-order valence-corrected chi connectivity index (χ2v) is 5.66. The lowest BCUT2D eigenvalue weighted by molar-refractivity contribution is 0.140. The second-order valence-electron chi connectivity index (χ2n) is 5.66.